The first kappa shape index (κ1) is 9.86. The van der Waals surface area contributed by atoms with E-state index in [-0.39, 0.29) is 0 Å². The zero-order chi connectivity index (χ0) is 9.80. The summed E-state index contributed by atoms with van der Waals surface area (Å²) in [5.41, 5.74) is 5.47. The first-order valence-corrected chi connectivity index (χ1v) is 5.95. The standard InChI is InChI=1S/C9H16N4S/c10-5-4-8-11-9(12-14-8)13-6-2-1-3-7-13/h1-7,10H2. The number of anilines is 1. The highest BCUT2D eigenvalue weighted by molar-refractivity contribution is 7.05. The van der Waals surface area contributed by atoms with Gasteiger partial charge in [0.1, 0.15) is 5.01 Å². The molecule has 0 amide bonds. The topological polar surface area (TPSA) is 55.0 Å². The smallest absolute Gasteiger partial charge is 0.237 e. The number of aromatic nitrogens is 2. The van der Waals surface area contributed by atoms with Crippen molar-refractivity contribution in [3.05, 3.63) is 5.01 Å². The van der Waals surface area contributed by atoms with Crippen LogP contribution >= 0.6 is 11.5 Å². The van der Waals surface area contributed by atoms with Gasteiger partial charge in [0, 0.05) is 19.5 Å². The summed E-state index contributed by atoms with van der Waals surface area (Å²) in [5, 5.41) is 1.06. The molecule has 0 bridgehead atoms. The van der Waals surface area contributed by atoms with Gasteiger partial charge in [0.25, 0.3) is 0 Å². The summed E-state index contributed by atoms with van der Waals surface area (Å²) in [7, 11) is 0. The maximum Gasteiger partial charge on any atom is 0.237 e. The predicted octanol–water partition coefficient (Wildman–Crippen LogP) is 1.03. The van der Waals surface area contributed by atoms with Gasteiger partial charge in [0.2, 0.25) is 5.95 Å². The fourth-order valence-corrected chi connectivity index (χ4v) is 2.37. The van der Waals surface area contributed by atoms with Gasteiger partial charge in [-0.15, -0.1) is 0 Å². The van der Waals surface area contributed by atoms with Crippen LogP contribution in [0.4, 0.5) is 5.95 Å². The van der Waals surface area contributed by atoms with Crippen molar-refractivity contribution >= 4 is 17.5 Å². The molecule has 0 spiro atoms. The normalized spacial score (nSPS) is 17.4. The van der Waals surface area contributed by atoms with E-state index in [0.717, 1.165) is 30.5 Å². The molecule has 1 aliphatic heterocycles. The SMILES string of the molecule is NCCc1nc(N2CCCCC2)ns1. The molecule has 2 heterocycles. The molecule has 0 atom stereocenters. The summed E-state index contributed by atoms with van der Waals surface area (Å²) in [5.74, 6) is 0.915. The third-order valence-corrected chi connectivity index (χ3v) is 3.22. The molecule has 0 radical (unpaired) electrons. The number of nitrogens with two attached hydrogens (primary N) is 1. The van der Waals surface area contributed by atoms with Gasteiger partial charge in [-0.3, -0.25) is 0 Å². The van der Waals surface area contributed by atoms with Crippen molar-refractivity contribution in [2.45, 2.75) is 25.7 Å². The summed E-state index contributed by atoms with van der Waals surface area (Å²) in [6.45, 7) is 2.88. The molecule has 0 unspecified atom stereocenters. The summed E-state index contributed by atoms with van der Waals surface area (Å²) >= 11 is 1.48. The van der Waals surface area contributed by atoms with E-state index in [2.05, 4.69) is 14.3 Å². The third kappa shape index (κ3) is 2.22. The van der Waals surface area contributed by atoms with Crippen LogP contribution in [-0.4, -0.2) is 29.0 Å². The van der Waals surface area contributed by atoms with E-state index in [0.29, 0.717) is 6.54 Å². The Morgan fingerprint density at radius 2 is 2.07 bits per heavy atom. The molecule has 1 fully saturated rings. The van der Waals surface area contributed by atoms with Crippen LogP contribution in [-0.2, 0) is 6.42 Å². The molecule has 2 N–H and O–H groups in total. The van der Waals surface area contributed by atoms with Crippen molar-refractivity contribution in [3.8, 4) is 0 Å². The number of hydrogen-bond donors (Lipinski definition) is 1. The van der Waals surface area contributed by atoms with Gasteiger partial charge in [-0.1, -0.05) is 0 Å². The van der Waals surface area contributed by atoms with E-state index in [1.807, 2.05) is 0 Å². The molecule has 1 aliphatic rings. The van der Waals surface area contributed by atoms with E-state index >= 15 is 0 Å². The largest absolute Gasteiger partial charge is 0.340 e. The Hall–Kier alpha value is -0.680. The highest BCUT2D eigenvalue weighted by Gasteiger charge is 2.14. The molecule has 1 saturated heterocycles. The van der Waals surface area contributed by atoms with Crippen LogP contribution < -0.4 is 10.6 Å². The highest BCUT2D eigenvalue weighted by Crippen LogP contribution is 2.18. The summed E-state index contributed by atoms with van der Waals surface area (Å²) in [6.07, 6.45) is 4.73. The van der Waals surface area contributed by atoms with Crippen LogP contribution in [0.25, 0.3) is 0 Å². The van der Waals surface area contributed by atoms with Crippen molar-refractivity contribution in [2.24, 2.45) is 5.73 Å². The second-order valence-electron chi connectivity index (χ2n) is 3.57. The van der Waals surface area contributed by atoms with Crippen LogP contribution in [0, 0.1) is 0 Å². The zero-order valence-electron chi connectivity index (χ0n) is 8.28. The predicted molar refractivity (Wildman–Crippen MR) is 58.7 cm³/mol. The highest BCUT2D eigenvalue weighted by atomic mass is 32.1. The Balaban J connectivity index is 2.00. The molecular weight excluding hydrogens is 196 g/mol. The van der Waals surface area contributed by atoms with Crippen LogP contribution in [0.2, 0.25) is 0 Å². The maximum atomic E-state index is 5.47. The molecule has 78 valence electrons. The van der Waals surface area contributed by atoms with E-state index in [1.165, 1.54) is 30.8 Å². The Kier molecular flexibility index (Phi) is 3.31. The first-order chi connectivity index (χ1) is 6.90. The minimum absolute atomic E-state index is 0.661. The number of nitrogens with zero attached hydrogens (tertiary/aromatic N) is 3. The lowest BCUT2D eigenvalue weighted by Crippen LogP contribution is -2.30. The lowest BCUT2D eigenvalue weighted by atomic mass is 10.1. The van der Waals surface area contributed by atoms with Gasteiger partial charge in [-0.25, -0.2) is 4.98 Å². The van der Waals surface area contributed by atoms with Gasteiger partial charge in [-0.2, -0.15) is 4.37 Å². The second kappa shape index (κ2) is 4.70. The van der Waals surface area contributed by atoms with Crippen LogP contribution in [0.3, 0.4) is 0 Å². The van der Waals surface area contributed by atoms with Crippen molar-refractivity contribution in [2.75, 3.05) is 24.5 Å². The molecule has 1 aromatic heterocycles. The van der Waals surface area contributed by atoms with E-state index < -0.39 is 0 Å². The summed E-state index contributed by atoms with van der Waals surface area (Å²) < 4.78 is 4.36. The first-order valence-electron chi connectivity index (χ1n) is 5.18. The van der Waals surface area contributed by atoms with Crippen molar-refractivity contribution in [1.29, 1.82) is 0 Å². The quantitative estimate of drug-likeness (QED) is 0.813. The van der Waals surface area contributed by atoms with Crippen LogP contribution in [0.15, 0.2) is 0 Å². The lowest BCUT2D eigenvalue weighted by Gasteiger charge is -2.25. The van der Waals surface area contributed by atoms with E-state index in [9.17, 15) is 0 Å². The van der Waals surface area contributed by atoms with Crippen molar-refractivity contribution < 1.29 is 0 Å². The molecule has 0 saturated carbocycles. The Bertz CT molecular complexity index is 280. The van der Waals surface area contributed by atoms with Crippen LogP contribution in [0.1, 0.15) is 24.3 Å². The molecular formula is C9H16N4S. The lowest BCUT2D eigenvalue weighted by molar-refractivity contribution is 0.570. The third-order valence-electron chi connectivity index (χ3n) is 2.45. The Morgan fingerprint density at radius 3 is 2.79 bits per heavy atom. The molecule has 0 aromatic carbocycles. The molecule has 2 rings (SSSR count). The fourth-order valence-electron chi connectivity index (χ4n) is 1.69. The minimum atomic E-state index is 0.661. The van der Waals surface area contributed by atoms with Gasteiger partial charge in [0.15, 0.2) is 0 Å². The number of hydrogen-bond acceptors (Lipinski definition) is 5. The maximum absolute atomic E-state index is 5.47. The molecule has 14 heavy (non-hydrogen) atoms. The molecule has 1 aromatic rings. The van der Waals surface area contributed by atoms with E-state index in [4.69, 9.17) is 5.73 Å². The Morgan fingerprint density at radius 1 is 1.29 bits per heavy atom. The summed E-state index contributed by atoms with van der Waals surface area (Å²) in [6, 6.07) is 0. The van der Waals surface area contributed by atoms with E-state index in [1.54, 1.807) is 0 Å². The fraction of sp³-hybridized carbons (Fsp3) is 0.778. The second-order valence-corrected chi connectivity index (χ2v) is 4.41. The van der Waals surface area contributed by atoms with Crippen LogP contribution in [0.5, 0.6) is 0 Å². The Labute approximate surface area is 88.3 Å². The van der Waals surface area contributed by atoms with Crippen molar-refractivity contribution in [1.82, 2.24) is 9.36 Å². The molecule has 0 aliphatic carbocycles. The van der Waals surface area contributed by atoms with Gasteiger partial charge in [0.05, 0.1) is 0 Å². The van der Waals surface area contributed by atoms with Gasteiger partial charge >= 0.3 is 0 Å². The zero-order valence-corrected chi connectivity index (χ0v) is 9.09. The average Bonchev–Trinajstić information content (AvgIpc) is 2.68. The van der Waals surface area contributed by atoms with Crippen molar-refractivity contribution in [3.63, 3.8) is 0 Å². The average molecular weight is 212 g/mol. The summed E-state index contributed by atoms with van der Waals surface area (Å²) in [4.78, 5) is 6.75. The molecule has 5 heteroatoms. The monoisotopic (exact) mass is 212 g/mol. The van der Waals surface area contributed by atoms with Gasteiger partial charge < -0.3 is 10.6 Å². The minimum Gasteiger partial charge on any atom is -0.340 e. The number of rotatable bonds is 3. The molecule has 4 nitrogen and oxygen atoms in total. The number of piperidine rings is 1. The van der Waals surface area contributed by atoms with Gasteiger partial charge in [-0.05, 0) is 37.3 Å².